The molecule has 0 radical (unpaired) electrons. The molecule has 222 valence electrons. The number of ketones is 2. The summed E-state index contributed by atoms with van der Waals surface area (Å²) in [6.45, 7) is 4.10. The molecule has 1 atom stereocenters. The molecular weight excluding hydrogens is 814 g/mol. The second-order valence-corrected chi connectivity index (χ2v) is 13.8. The van der Waals surface area contributed by atoms with E-state index in [1.807, 2.05) is 0 Å². The molecule has 46 heavy (non-hydrogen) atoms. The molecular formula is C26H21Br2N3Na4O9S2+2. The number of hydrogen-bond donors (Lipinski definition) is 3. The molecule has 1 aliphatic rings. The number of nitrogens with two attached hydrogens (primary N) is 1. The Balaban J connectivity index is 0.00000506. The third-order valence-electron chi connectivity index (χ3n) is 6.83. The first-order valence-corrected chi connectivity index (χ1v) is 16.8. The van der Waals surface area contributed by atoms with Crippen LogP contribution in [0.3, 0.4) is 0 Å². The van der Waals surface area contributed by atoms with Crippen LogP contribution in [0.4, 0.5) is 22.7 Å². The molecule has 12 nitrogen and oxygen atoms in total. The maximum Gasteiger partial charge on any atom is 1.00 e. The molecule has 20 heteroatoms. The van der Waals surface area contributed by atoms with E-state index >= 15 is 0 Å². The zero-order valence-corrected chi connectivity index (χ0v) is 38.8. The van der Waals surface area contributed by atoms with E-state index in [0.717, 1.165) is 6.07 Å². The third-order valence-corrected chi connectivity index (χ3v) is 11.1. The molecule has 3 aromatic carbocycles. The fraction of sp³-hybridized carbons (Fsp3) is 0.192. The maximum absolute atomic E-state index is 13.7. The summed E-state index contributed by atoms with van der Waals surface area (Å²) in [4.78, 5) is 37.4. The molecule has 1 amide bonds. The topological polar surface area (TPSA) is 216 Å². The van der Waals surface area contributed by atoms with Gasteiger partial charge in [0.2, 0.25) is 5.91 Å². The van der Waals surface area contributed by atoms with Crippen molar-refractivity contribution in [1.29, 1.82) is 0 Å². The number of rotatable bonds is 7. The molecule has 4 rings (SSSR count). The predicted molar refractivity (Wildman–Crippen MR) is 159 cm³/mol. The molecule has 0 saturated heterocycles. The molecule has 0 aliphatic heterocycles. The summed E-state index contributed by atoms with van der Waals surface area (Å²) < 4.78 is 73.6. The van der Waals surface area contributed by atoms with Gasteiger partial charge in [0.1, 0.15) is 25.1 Å². The Morgan fingerprint density at radius 1 is 0.848 bits per heavy atom. The molecule has 0 heterocycles. The molecule has 0 spiro atoms. The number of hydrogen-bond acceptors (Lipinski definition) is 11. The number of halogens is 2. The van der Waals surface area contributed by atoms with Gasteiger partial charge in [-0.3, -0.25) is 14.4 Å². The summed E-state index contributed by atoms with van der Waals surface area (Å²) >= 11 is 6.33. The number of alkyl halides is 2. The molecule has 0 fully saturated rings. The summed E-state index contributed by atoms with van der Waals surface area (Å²) in [5.74, 6) is -2.11. The third kappa shape index (κ3) is 9.01. The standard InChI is InChI=1S/C26H23Br2N3O9S2.4Na/c1-10-21(11(2)25(42(38,39)40)12(3)22(10)31-26(34)15(28)9-27)30-16-8-17(41(35,36)37)20(29)19-18(16)23(32)13-6-4-5-7-14(13)24(19)33;;;;/h4-8,15,30H,9,29H2,1-3H3,(H,31,34)(H,35,36,37)(H,38,39,40);;;;/q;4*+1/p-2. The Morgan fingerprint density at radius 3 is 1.78 bits per heavy atom. The molecule has 0 saturated carbocycles. The zero-order chi connectivity index (χ0) is 31.5. The van der Waals surface area contributed by atoms with Crippen molar-refractivity contribution in [1.82, 2.24) is 0 Å². The van der Waals surface area contributed by atoms with Crippen LogP contribution in [0.25, 0.3) is 0 Å². The van der Waals surface area contributed by atoms with Crippen LogP contribution in [-0.2, 0) is 25.0 Å². The van der Waals surface area contributed by atoms with Gasteiger partial charge in [-0.1, -0.05) is 56.1 Å². The number of fused-ring (bicyclic) bond motifs is 2. The van der Waals surface area contributed by atoms with Gasteiger partial charge in [0.05, 0.1) is 32.3 Å². The van der Waals surface area contributed by atoms with Gasteiger partial charge in [0.15, 0.2) is 11.6 Å². The number of anilines is 4. The maximum atomic E-state index is 13.7. The summed E-state index contributed by atoms with van der Waals surface area (Å²) in [7, 11) is -10.4. The van der Waals surface area contributed by atoms with Gasteiger partial charge in [0.25, 0.3) is 0 Å². The van der Waals surface area contributed by atoms with Gasteiger partial charge in [-0.25, -0.2) is 16.8 Å². The van der Waals surface area contributed by atoms with Crippen LogP contribution in [-0.4, -0.2) is 53.6 Å². The van der Waals surface area contributed by atoms with Crippen molar-refractivity contribution in [2.75, 3.05) is 21.7 Å². The van der Waals surface area contributed by atoms with E-state index in [1.54, 1.807) is 0 Å². The van der Waals surface area contributed by atoms with E-state index in [1.165, 1.54) is 45.0 Å². The van der Waals surface area contributed by atoms with Gasteiger partial charge < -0.3 is 25.5 Å². The summed E-state index contributed by atoms with van der Waals surface area (Å²) in [5, 5.41) is 5.56. The van der Waals surface area contributed by atoms with Crippen molar-refractivity contribution in [2.45, 2.75) is 35.4 Å². The molecule has 1 unspecified atom stereocenters. The van der Waals surface area contributed by atoms with Crippen LogP contribution in [0, 0.1) is 20.8 Å². The van der Waals surface area contributed by atoms with Gasteiger partial charge in [-0.15, -0.1) is 0 Å². The van der Waals surface area contributed by atoms with Crippen molar-refractivity contribution < 1.29 is 159 Å². The fourth-order valence-corrected chi connectivity index (χ4v) is 6.95. The van der Waals surface area contributed by atoms with E-state index in [-0.39, 0.29) is 174 Å². The SMILES string of the molecule is Cc1c(NC(=O)C(Br)CBr)c(C)c(S(=O)(=O)[O-])c(C)c1Nc1cc(S(=O)(=O)[O-])c(N)c2c1C(=O)c1ccccc1C2=O.[Na+].[Na+].[Na+].[Na+]. The van der Waals surface area contributed by atoms with Gasteiger partial charge >= 0.3 is 118 Å². The van der Waals surface area contributed by atoms with Crippen LogP contribution >= 0.6 is 31.9 Å². The number of benzene rings is 3. The molecule has 1 aliphatic carbocycles. The van der Waals surface area contributed by atoms with Crippen LogP contribution in [0.1, 0.15) is 48.5 Å². The molecule has 0 bridgehead atoms. The number of nitrogen functional groups attached to an aromatic ring is 1. The largest absolute Gasteiger partial charge is 1.00 e. The summed E-state index contributed by atoms with van der Waals surface area (Å²) in [5.41, 5.74) is 3.83. The minimum atomic E-state index is -5.29. The second kappa shape index (κ2) is 17.9. The molecule has 4 N–H and O–H groups in total. The monoisotopic (exact) mass is 833 g/mol. The minimum Gasteiger partial charge on any atom is -0.744 e. The predicted octanol–water partition coefficient (Wildman–Crippen LogP) is -8.37. The van der Waals surface area contributed by atoms with Crippen molar-refractivity contribution in [3.63, 3.8) is 0 Å². The summed E-state index contributed by atoms with van der Waals surface area (Å²) in [6.07, 6.45) is 0. The van der Waals surface area contributed by atoms with E-state index in [9.17, 15) is 40.3 Å². The van der Waals surface area contributed by atoms with E-state index in [4.69, 9.17) is 5.73 Å². The van der Waals surface area contributed by atoms with Crippen molar-refractivity contribution in [3.8, 4) is 0 Å². The van der Waals surface area contributed by atoms with Gasteiger partial charge in [-0.05, 0) is 43.5 Å². The second-order valence-electron chi connectivity index (χ2n) is 9.39. The normalized spacial score (nSPS) is 12.6. The van der Waals surface area contributed by atoms with Crippen molar-refractivity contribution in [2.24, 2.45) is 0 Å². The first kappa shape index (κ1) is 46.9. The quantitative estimate of drug-likeness (QED) is 0.0688. The molecule has 3 aromatic rings. The van der Waals surface area contributed by atoms with E-state index in [0.29, 0.717) is 0 Å². The van der Waals surface area contributed by atoms with Gasteiger partial charge in [0, 0.05) is 27.8 Å². The first-order chi connectivity index (χ1) is 19.4. The number of nitrogens with one attached hydrogen (secondary N) is 2. The van der Waals surface area contributed by atoms with E-state index < -0.39 is 63.6 Å². The fourth-order valence-electron chi connectivity index (χ4n) is 4.95. The minimum absolute atomic E-state index is 0. The Bertz CT molecular complexity index is 1960. The smallest absolute Gasteiger partial charge is 0.744 e. The molecule has 0 aromatic heterocycles. The summed E-state index contributed by atoms with van der Waals surface area (Å²) in [6, 6.07) is 6.51. The Labute approximate surface area is 371 Å². The average Bonchev–Trinajstić information content (AvgIpc) is 2.90. The first-order valence-electron chi connectivity index (χ1n) is 11.9. The Kier molecular flexibility index (Phi) is 18.2. The zero-order valence-electron chi connectivity index (χ0n) is 26.0. The Hall–Kier alpha value is 0.850. The van der Waals surface area contributed by atoms with Crippen LogP contribution < -0.4 is 135 Å². The van der Waals surface area contributed by atoms with Crippen LogP contribution in [0.15, 0.2) is 40.1 Å². The number of amides is 1. The van der Waals surface area contributed by atoms with Crippen molar-refractivity contribution >= 4 is 92.3 Å². The average molecular weight is 835 g/mol. The van der Waals surface area contributed by atoms with Crippen LogP contribution in [0.2, 0.25) is 0 Å². The van der Waals surface area contributed by atoms with E-state index in [2.05, 4.69) is 42.5 Å². The van der Waals surface area contributed by atoms with Crippen molar-refractivity contribution in [3.05, 3.63) is 69.3 Å². The number of carbonyl (C=O) groups is 3. The van der Waals surface area contributed by atoms with Crippen LogP contribution in [0.5, 0.6) is 0 Å². The number of carbonyl (C=O) groups excluding carboxylic acids is 3. The van der Waals surface area contributed by atoms with Gasteiger partial charge in [-0.2, -0.15) is 0 Å². The Morgan fingerprint density at radius 2 is 1.33 bits per heavy atom.